The summed E-state index contributed by atoms with van der Waals surface area (Å²) in [5, 5.41) is 15.9. The van der Waals surface area contributed by atoms with Crippen LogP contribution in [-0.4, -0.2) is 22.4 Å². The van der Waals surface area contributed by atoms with Gasteiger partial charge in [-0.1, -0.05) is 6.08 Å². The molecule has 0 fully saturated rings. The summed E-state index contributed by atoms with van der Waals surface area (Å²) in [6.45, 7) is 3.03. The van der Waals surface area contributed by atoms with Crippen molar-refractivity contribution in [2.75, 3.05) is 0 Å². The van der Waals surface area contributed by atoms with Crippen molar-refractivity contribution in [1.29, 1.82) is 0 Å². The van der Waals surface area contributed by atoms with E-state index < -0.39 is 18.6 Å². The summed E-state index contributed by atoms with van der Waals surface area (Å²) in [7, 11) is 0. The van der Waals surface area contributed by atoms with E-state index in [0.717, 1.165) is 6.08 Å². The zero-order valence-corrected chi connectivity index (χ0v) is 4.72. The minimum Gasteiger partial charge on any atom is -0.363 e. The van der Waals surface area contributed by atoms with Crippen LogP contribution in [0.2, 0.25) is 0 Å². The highest BCUT2D eigenvalue weighted by atomic mass is 19.3. The Morgan fingerprint density at radius 1 is 1.56 bits per heavy atom. The summed E-state index contributed by atoms with van der Waals surface area (Å²) >= 11 is 0. The molecule has 4 heteroatoms. The van der Waals surface area contributed by atoms with Crippen molar-refractivity contribution in [2.45, 2.75) is 18.6 Å². The maximum absolute atomic E-state index is 12.0. The van der Waals surface area contributed by atoms with E-state index in [1.165, 1.54) is 0 Å². The van der Waals surface area contributed by atoms with Gasteiger partial charge in [0.25, 0.3) is 0 Å². The van der Waals surface area contributed by atoms with Gasteiger partial charge in [0.15, 0.2) is 0 Å². The van der Waals surface area contributed by atoms with E-state index >= 15 is 0 Å². The summed E-state index contributed by atoms with van der Waals surface area (Å²) < 4.78 is 24.0. The first-order valence-electron chi connectivity index (χ1n) is 2.35. The van der Waals surface area contributed by atoms with Crippen LogP contribution in [0.4, 0.5) is 8.78 Å². The Morgan fingerprint density at radius 2 is 2.00 bits per heavy atom. The molecule has 0 saturated carbocycles. The molecule has 0 aromatic carbocycles. The predicted octanol–water partition coefficient (Wildman–Crippen LogP) is 0.508. The lowest BCUT2D eigenvalue weighted by Crippen LogP contribution is -2.32. The van der Waals surface area contributed by atoms with E-state index in [1.807, 2.05) is 0 Å². The fourth-order valence-corrected chi connectivity index (χ4v) is 0.298. The second-order valence-corrected chi connectivity index (χ2v) is 1.63. The van der Waals surface area contributed by atoms with Crippen molar-refractivity contribution >= 4 is 0 Å². The number of aliphatic hydroxyl groups excluding tert-OH is 1. The molecule has 0 rings (SSSR count). The minimum atomic E-state index is -3.46. The first-order valence-corrected chi connectivity index (χ1v) is 2.35. The van der Waals surface area contributed by atoms with Crippen LogP contribution in [0.5, 0.6) is 0 Å². The third-order valence-corrected chi connectivity index (χ3v) is 0.794. The Labute approximate surface area is 51.4 Å². The SMILES string of the molecule is C=CCC(F)(F)C(O)O. The predicted molar refractivity (Wildman–Crippen MR) is 28.0 cm³/mol. The number of halogens is 2. The highest BCUT2D eigenvalue weighted by Gasteiger charge is 2.35. The molecular formula is C5H8F2O2. The van der Waals surface area contributed by atoms with Crippen molar-refractivity contribution in [1.82, 2.24) is 0 Å². The number of allylic oxidation sites excluding steroid dienone is 1. The smallest absolute Gasteiger partial charge is 0.300 e. The lowest BCUT2D eigenvalue weighted by molar-refractivity contribution is -0.205. The molecule has 0 radical (unpaired) electrons. The number of hydrogen-bond donors (Lipinski definition) is 2. The zero-order chi connectivity index (χ0) is 7.49. The highest BCUT2D eigenvalue weighted by Crippen LogP contribution is 2.21. The van der Waals surface area contributed by atoms with E-state index in [4.69, 9.17) is 10.2 Å². The molecule has 54 valence electrons. The van der Waals surface area contributed by atoms with Crippen molar-refractivity contribution in [3.63, 3.8) is 0 Å². The lowest BCUT2D eigenvalue weighted by atomic mass is 10.2. The first kappa shape index (κ1) is 8.52. The van der Waals surface area contributed by atoms with Crippen LogP contribution in [0.3, 0.4) is 0 Å². The van der Waals surface area contributed by atoms with Crippen LogP contribution in [-0.2, 0) is 0 Å². The maximum atomic E-state index is 12.0. The molecule has 0 saturated heterocycles. The standard InChI is InChI=1S/C5H8F2O2/c1-2-3-5(6,7)4(8)9/h2,4,8-9H,1,3H2. The van der Waals surface area contributed by atoms with Gasteiger partial charge in [-0.05, 0) is 0 Å². The molecule has 9 heavy (non-hydrogen) atoms. The molecule has 0 atom stereocenters. The Bertz CT molecular complexity index is 101. The zero-order valence-electron chi connectivity index (χ0n) is 4.72. The van der Waals surface area contributed by atoms with Gasteiger partial charge in [0.05, 0.1) is 0 Å². The van der Waals surface area contributed by atoms with Gasteiger partial charge in [-0.2, -0.15) is 0 Å². The molecule has 0 aliphatic carbocycles. The van der Waals surface area contributed by atoms with Crippen LogP contribution in [0, 0.1) is 0 Å². The summed E-state index contributed by atoms with van der Waals surface area (Å²) in [5.41, 5.74) is 0. The molecular weight excluding hydrogens is 130 g/mol. The van der Waals surface area contributed by atoms with Crippen LogP contribution in [0.1, 0.15) is 6.42 Å². The summed E-state index contributed by atoms with van der Waals surface area (Å²) in [5.74, 6) is -3.46. The summed E-state index contributed by atoms with van der Waals surface area (Å²) in [4.78, 5) is 0. The summed E-state index contributed by atoms with van der Waals surface area (Å²) in [6, 6.07) is 0. The fraction of sp³-hybridized carbons (Fsp3) is 0.600. The first-order chi connectivity index (χ1) is 4.00. The molecule has 0 amide bonds. The Kier molecular flexibility index (Phi) is 2.73. The van der Waals surface area contributed by atoms with Gasteiger partial charge >= 0.3 is 5.92 Å². The third-order valence-electron chi connectivity index (χ3n) is 0.794. The van der Waals surface area contributed by atoms with Gasteiger partial charge in [0.2, 0.25) is 6.29 Å². The van der Waals surface area contributed by atoms with Gasteiger partial charge in [-0.25, -0.2) is 8.78 Å². The molecule has 2 N–H and O–H groups in total. The van der Waals surface area contributed by atoms with Gasteiger partial charge in [-0.3, -0.25) is 0 Å². The topological polar surface area (TPSA) is 40.5 Å². The molecule has 0 aliphatic rings. The Morgan fingerprint density at radius 3 is 2.11 bits per heavy atom. The quantitative estimate of drug-likeness (QED) is 0.440. The van der Waals surface area contributed by atoms with Crippen LogP contribution in [0.25, 0.3) is 0 Å². The molecule has 0 bridgehead atoms. The minimum absolute atomic E-state index is 0.718. The third kappa shape index (κ3) is 2.53. The monoisotopic (exact) mass is 138 g/mol. The Hall–Kier alpha value is -0.480. The normalized spacial score (nSPS) is 12.1. The number of aliphatic hydroxyl groups is 2. The van der Waals surface area contributed by atoms with Crippen molar-refractivity contribution < 1.29 is 19.0 Å². The van der Waals surface area contributed by atoms with E-state index in [2.05, 4.69) is 6.58 Å². The van der Waals surface area contributed by atoms with Crippen molar-refractivity contribution in [3.8, 4) is 0 Å². The average molecular weight is 138 g/mol. The average Bonchev–Trinajstić information content (AvgIpc) is 1.65. The lowest BCUT2D eigenvalue weighted by Gasteiger charge is -2.15. The molecule has 0 aliphatic heterocycles. The van der Waals surface area contributed by atoms with Gasteiger partial charge in [-0.15, -0.1) is 6.58 Å². The van der Waals surface area contributed by atoms with Gasteiger partial charge in [0, 0.05) is 6.42 Å². The second kappa shape index (κ2) is 2.89. The fourth-order valence-electron chi connectivity index (χ4n) is 0.298. The van der Waals surface area contributed by atoms with Crippen molar-refractivity contribution in [2.24, 2.45) is 0 Å². The van der Waals surface area contributed by atoms with Crippen LogP contribution >= 0.6 is 0 Å². The molecule has 0 spiro atoms. The number of rotatable bonds is 3. The number of alkyl halides is 2. The summed E-state index contributed by atoms with van der Waals surface area (Å²) in [6.07, 6.45) is -2.38. The Balaban J connectivity index is 3.84. The van der Waals surface area contributed by atoms with E-state index in [-0.39, 0.29) is 0 Å². The van der Waals surface area contributed by atoms with E-state index in [1.54, 1.807) is 0 Å². The van der Waals surface area contributed by atoms with Gasteiger partial charge < -0.3 is 10.2 Å². The van der Waals surface area contributed by atoms with E-state index in [0.29, 0.717) is 0 Å². The molecule has 0 aromatic rings. The number of hydrogen-bond acceptors (Lipinski definition) is 2. The van der Waals surface area contributed by atoms with E-state index in [9.17, 15) is 8.78 Å². The highest BCUT2D eigenvalue weighted by molar-refractivity contribution is 4.79. The van der Waals surface area contributed by atoms with Crippen molar-refractivity contribution in [3.05, 3.63) is 12.7 Å². The molecule has 2 nitrogen and oxygen atoms in total. The largest absolute Gasteiger partial charge is 0.363 e. The van der Waals surface area contributed by atoms with Crippen LogP contribution in [0.15, 0.2) is 12.7 Å². The molecule has 0 heterocycles. The second-order valence-electron chi connectivity index (χ2n) is 1.63. The maximum Gasteiger partial charge on any atom is 0.300 e. The molecule has 0 aromatic heterocycles. The van der Waals surface area contributed by atoms with Gasteiger partial charge in [0.1, 0.15) is 0 Å². The molecule has 0 unspecified atom stereocenters. The van der Waals surface area contributed by atoms with Crippen LogP contribution < -0.4 is 0 Å².